The van der Waals surface area contributed by atoms with E-state index in [0.29, 0.717) is 17.3 Å². The number of thiophene rings is 1. The van der Waals surface area contributed by atoms with E-state index in [0.717, 1.165) is 11.7 Å². The number of carbonyl (C=O) groups is 1. The molecule has 2 heterocycles. The summed E-state index contributed by atoms with van der Waals surface area (Å²) in [6.07, 6.45) is 0. The van der Waals surface area contributed by atoms with Crippen molar-refractivity contribution in [3.8, 4) is 5.75 Å². The van der Waals surface area contributed by atoms with Gasteiger partial charge in [0.25, 0.3) is 5.91 Å². The number of aromatic hydroxyl groups is 1. The molecule has 0 saturated carbocycles. The first kappa shape index (κ1) is 20.1. The molecule has 0 saturated heterocycles. The predicted molar refractivity (Wildman–Crippen MR) is 115 cm³/mol. The van der Waals surface area contributed by atoms with Gasteiger partial charge in [0.1, 0.15) is 0 Å². The van der Waals surface area contributed by atoms with Gasteiger partial charge in [-0.1, -0.05) is 26.8 Å². The molecule has 5 N–H and O–H groups in total. The highest BCUT2D eigenvalue weighted by atomic mass is 32.1. The van der Waals surface area contributed by atoms with Crippen LogP contribution in [-0.2, 0) is 0 Å². The summed E-state index contributed by atoms with van der Waals surface area (Å²) in [5.41, 5.74) is 5.62. The van der Waals surface area contributed by atoms with E-state index < -0.39 is 5.91 Å². The minimum Gasteiger partial charge on any atom is -0.505 e. The minimum atomic E-state index is -0.697. The number of carbonyl (C=O) groups excluding carboxylic acids is 1. The SMILES string of the molecule is Cc1ccc([C@H](Nc2nsnc2Nc2cccc(C(N)=O)c2O)C(C)(C)C)s1. The molecule has 7 nitrogen and oxygen atoms in total. The molecule has 0 unspecified atom stereocenters. The number of aromatic nitrogens is 2. The lowest BCUT2D eigenvalue weighted by atomic mass is 9.86. The van der Waals surface area contributed by atoms with Crippen molar-refractivity contribution in [2.45, 2.75) is 33.7 Å². The Morgan fingerprint density at radius 2 is 1.89 bits per heavy atom. The number of nitrogens with one attached hydrogen (secondary N) is 2. The molecule has 3 aromatic rings. The van der Waals surface area contributed by atoms with Gasteiger partial charge in [0, 0.05) is 9.75 Å². The Morgan fingerprint density at radius 3 is 2.50 bits per heavy atom. The lowest BCUT2D eigenvalue weighted by Gasteiger charge is -2.31. The first-order chi connectivity index (χ1) is 13.2. The highest BCUT2D eigenvalue weighted by molar-refractivity contribution is 7.12. The molecular formula is C19H23N5O2S2. The average molecular weight is 418 g/mol. The van der Waals surface area contributed by atoms with Gasteiger partial charge in [-0.3, -0.25) is 4.79 Å². The first-order valence-corrected chi connectivity index (χ1v) is 10.3. The highest BCUT2D eigenvalue weighted by Gasteiger charge is 2.29. The van der Waals surface area contributed by atoms with Gasteiger partial charge >= 0.3 is 0 Å². The molecule has 9 heteroatoms. The molecule has 0 bridgehead atoms. The number of rotatable bonds is 6. The van der Waals surface area contributed by atoms with Crippen LogP contribution in [-0.4, -0.2) is 19.8 Å². The van der Waals surface area contributed by atoms with Gasteiger partial charge in [-0.25, -0.2) is 0 Å². The molecule has 2 aromatic heterocycles. The van der Waals surface area contributed by atoms with Crippen LogP contribution < -0.4 is 16.4 Å². The number of hydrogen-bond acceptors (Lipinski definition) is 8. The molecule has 0 radical (unpaired) electrons. The molecule has 148 valence electrons. The van der Waals surface area contributed by atoms with Crippen molar-refractivity contribution in [3.05, 3.63) is 45.6 Å². The highest BCUT2D eigenvalue weighted by Crippen LogP contribution is 2.40. The summed E-state index contributed by atoms with van der Waals surface area (Å²) in [5.74, 6) is 0.149. The number of hydrogen-bond donors (Lipinski definition) is 4. The third-order valence-electron chi connectivity index (χ3n) is 4.24. The molecule has 1 aromatic carbocycles. The second-order valence-corrected chi connectivity index (χ2v) is 9.39. The van der Waals surface area contributed by atoms with Gasteiger partial charge in [0.15, 0.2) is 17.4 Å². The smallest absolute Gasteiger partial charge is 0.252 e. The number of aryl methyl sites for hydroxylation is 1. The zero-order chi connectivity index (χ0) is 20.5. The Morgan fingerprint density at radius 1 is 1.18 bits per heavy atom. The van der Waals surface area contributed by atoms with Crippen LogP contribution in [0.1, 0.15) is 46.9 Å². The van der Waals surface area contributed by atoms with Crippen LogP contribution in [0.5, 0.6) is 5.75 Å². The molecule has 28 heavy (non-hydrogen) atoms. The van der Waals surface area contributed by atoms with E-state index in [1.165, 1.54) is 15.8 Å². The quantitative estimate of drug-likeness (QED) is 0.434. The van der Waals surface area contributed by atoms with Gasteiger partial charge in [0.05, 0.1) is 29.0 Å². The maximum absolute atomic E-state index is 11.5. The van der Waals surface area contributed by atoms with E-state index in [1.807, 2.05) is 0 Å². The van der Waals surface area contributed by atoms with Gasteiger partial charge < -0.3 is 21.5 Å². The maximum atomic E-state index is 11.5. The third-order valence-corrected chi connectivity index (χ3v) is 5.83. The first-order valence-electron chi connectivity index (χ1n) is 8.71. The minimum absolute atomic E-state index is 0.0289. The topological polar surface area (TPSA) is 113 Å². The van der Waals surface area contributed by atoms with Gasteiger partial charge in [-0.15, -0.1) is 11.3 Å². The number of amides is 1. The van der Waals surface area contributed by atoms with Crippen molar-refractivity contribution in [2.75, 3.05) is 10.6 Å². The van der Waals surface area contributed by atoms with Crippen molar-refractivity contribution >= 4 is 46.3 Å². The summed E-state index contributed by atoms with van der Waals surface area (Å²) in [7, 11) is 0. The summed E-state index contributed by atoms with van der Waals surface area (Å²) in [5, 5.41) is 16.8. The Hall–Kier alpha value is -2.65. The van der Waals surface area contributed by atoms with Crippen molar-refractivity contribution in [1.29, 1.82) is 0 Å². The molecule has 0 aliphatic rings. The molecule has 3 rings (SSSR count). The molecule has 0 aliphatic heterocycles. The second-order valence-electron chi connectivity index (χ2n) is 7.54. The van der Waals surface area contributed by atoms with Crippen LogP contribution in [0.3, 0.4) is 0 Å². The summed E-state index contributed by atoms with van der Waals surface area (Å²) in [4.78, 5) is 13.9. The van der Waals surface area contributed by atoms with Crippen LogP contribution >= 0.6 is 23.1 Å². The fourth-order valence-corrected chi connectivity index (χ4v) is 4.45. The van der Waals surface area contributed by atoms with Crippen molar-refractivity contribution in [3.63, 3.8) is 0 Å². The van der Waals surface area contributed by atoms with E-state index in [2.05, 4.69) is 59.2 Å². The number of phenols is 1. The monoisotopic (exact) mass is 417 g/mol. The standard InChI is InChI=1S/C19H23N5O2S2/c1-10-8-9-13(27-10)15(19(2,3)4)22-18-17(23-28-24-18)21-12-7-5-6-11(14(12)25)16(20)26/h5-9,15,25H,1-4H3,(H2,20,26)(H,21,23)(H,22,24)/t15-/m0/s1. The Bertz CT molecular complexity index is 990. The number of para-hydroxylation sites is 1. The average Bonchev–Trinajstić information content (AvgIpc) is 3.22. The summed E-state index contributed by atoms with van der Waals surface area (Å²) in [6, 6.07) is 9.01. The van der Waals surface area contributed by atoms with Crippen molar-refractivity contribution in [2.24, 2.45) is 11.1 Å². The van der Waals surface area contributed by atoms with Crippen LogP contribution in [0.4, 0.5) is 17.3 Å². The normalized spacial score (nSPS) is 12.6. The lowest BCUT2D eigenvalue weighted by Crippen LogP contribution is -2.25. The fourth-order valence-electron chi connectivity index (χ4n) is 2.80. The lowest BCUT2D eigenvalue weighted by molar-refractivity contribution is 0.0998. The zero-order valence-corrected chi connectivity index (χ0v) is 17.7. The molecule has 0 fully saturated rings. The summed E-state index contributed by atoms with van der Waals surface area (Å²) in [6.45, 7) is 8.57. The van der Waals surface area contributed by atoms with Gasteiger partial charge in [0.2, 0.25) is 0 Å². The van der Waals surface area contributed by atoms with E-state index in [-0.39, 0.29) is 22.8 Å². The number of nitrogens with zero attached hydrogens (tertiary/aromatic N) is 2. The molecular weight excluding hydrogens is 394 g/mol. The number of nitrogens with two attached hydrogens (primary N) is 1. The summed E-state index contributed by atoms with van der Waals surface area (Å²) >= 11 is 2.80. The molecule has 1 atom stereocenters. The van der Waals surface area contributed by atoms with E-state index >= 15 is 0 Å². The third kappa shape index (κ3) is 4.26. The van der Waals surface area contributed by atoms with Crippen LogP contribution in [0.2, 0.25) is 0 Å². The fraction of sp³-hybridized carbons (Fsp3) is 0.316. The number of primary amides is 1. The van der Waals surface area contributed by atoms with E-state index in [4.69, 9.17) is 5.73 Å². The maximum Gasteiger partial charge on any atom is 0.252 e. The van der Waals surface area contributed by atoms with Crippen molar-refractivity contribution < 1.29 is 9.90 Å². The Labute approximate surface area is 171 Å². The largest absolute Gasteiger partial charge is 0.505 e. The van der Waals surface area contributed by atoms with E-state index in [9.17, 15) is 9.90 Å². The predicted octanol–water partition coefficient (Wildman–Crippen LogP) is 4.66. The Kier molecular flexibility index (Phi) is 5.57. The second kappa shape index (κ2) is 7.76. The zero-order valence-electron chi connectivity index (χ0n) is 16.1. The van der Waals surface area contributed by atoms with Gasteiger partial charge in [-0.2, -0.15) is 8.75 Å². The number of benzene rings is 1. The van der Waals surface area contributed by atoms with E-state index in [1.54, 1.807) is 23.5 Å². The molecule has 0 aliphatic carbocycles. The number of anilines is 3. The van der Waals surface area contributed by atoms with Crippen LogP contribution in [0.25, 0.3) is 0 Å². The molecule has 1 amide bonds. The van der Waals surface area contributed by atoms with Gasteiger partial charge in [-0.05, 0) is 36.6 Å². The Balaban J connectivity index is 1.90. The summed E-state index contributed by atoms with van der Waals surface area (Å²) < 4.78 is 8.67. The molecule has 0 spiro atoms. The van der Waals surface area contributed by atoms with Crippen LogP contribution in [0.15, 0.2) is 30.3 Å². The van der Waals surface area contributed by atoms with Crippen LogP contribution in [0, 0.1) is 12.3 Å². The van der Waals surface area contributed by atoms with Crippen molar-refractivity contribution in [1.82, 2.24) is 8.75 Å².